The summed E-state index contributed by atoms with van der Waals surface area (Å²) in [6.07, 6.45) is 0.192. The Morgan fingerprint density at radius 1 is 1.14 bits per heavy atom. The quantitative estimate of drug-likeness (QED) is 0.598. The van der Waals surface area contributed by atoms with E-state index in [0.29, 0.717) is 13.1 Å². The first-order chi connectivity index (χ1) is 13.9. The number of halogens is 1. The van der Waals surface area contributed by atoms with Crippen LogP contribution in [-0.2, 0) is 21.2 Å². The van der Waals surface area contributed by atoms with E-state index in [1.807, 2.05) is 22.2 Å². The molecule has 6 nitrogen and oxygen atoms in total. The second-order valence-electron chi connectivity index (χ2n) is 6.58. The summed E-state index contributed by atoms with van der Waals surface area (Å²) < 4.78 is 40.0. The Labute approximate surface area is 176 Å². The minimum absolute atomic E-state index is 0.0688. The molecule has 1 aliphatic heterocycles. The van der Waals surface area contributed by atoms with Crippen molar-refractivity contribution in [2.24, 2.45) is 0 Å². The van der Waals surface area contributed by atoms with Crippen LogP contribution in [0.1, 0.15) is 5.69 Å². The number of amides is 1. The SMILES string of the molecule is O=C(Cc1csc(-c2ccsc2)n1)N1CCN(S(=O)(=O)c2cccc(F)c2)CC1. The molecule has 0 N–H and O–H groups in total. The average molecular weight is 452 g/mol. The highest BCUT2D eigenvalue weighted by Crippen LogP contribution is 2.26. The number of piperazine rings is 1. The molecule has 1 fully saturated rings. The molecule has 0 atom stereocenters. The van der Waals surface area contributed by atoms with Crippen molar-refractivity contribution in [1.82, 2.24) is 14.2 Å². The zero-order valence-electron chi connectivity index (χ0n) is 15.3. The Kier molecular flexibility index (Phi) is 5.77. The minimum Gasteiger partial charge on any atom is -0.340 e. The van der Waals surface area contributed by atoms with Crippen LogP contribution in [0.15, 0.2) is 51.4 Å². The van der Waals surface area contributed by atoms with Crippen molar-refractivity contribution in [3.8, 4) is 10.6 Å². The number of thiazole rings is 1. The Morgan fingerprint density at radius 3 is 2.62 bits per heavy atom. The molecule has 29 heavy (non-hydrogen) atoms. The maximum absolute atomic E-state index is 13.4. The molecule has 1 aliphatic rings. The fourth-order valence-electron chi connectivity index (χ4n) is 3.13. The smallest absolute Gasteiger partial charge is 0.243 e. The summed E-state index contributed by atoms with van der Waals surface area (Å²) in [4.78, 5) is 18.7. The fourth-order valence-corrected chi connectivity index (χ4v) is 6.11. The summed E-state index contributed by atoms with van der Waals surface area (Å²) in [5.74, 6) is -0.667. The first kappa shape index (κ1) is 20.1. The number of nitrogens with zero attached hydrogens (tertiary/aromatic N) is 3. The molecule has 3 heterocycles. The van der Waals surface area contributed by atoms with Gasteiger partial charge < -0.3 is 4.90 Å². The maximum atomic E-state index is 13.4. The molecule has 2 aromatic heterocycles. The average Bonchev–Trinajstić information content (AvgIpc) is 3.40. The molecule has 1 amide bonds. The van der Waals surface area contributed by atoms with E-state index in [9.17, 15) is 17.6 Å². The molecular weight excluding hydrogens is 433 g/mol. The standard InChI is InChI=1S/C19H18FN3O3S3/c20-15-2-1-3-17(10-15)29(25,26)23-7-5-22(6-8-23)18(24)11-16-13-28-19(21-16)14-4-9-27-12-14/h1-4,9-10,12-13H,5-8,11H2. The van der Waals surface area contributed by atoms with Crippen LogP contribution >= 0.6 is 22.7 Å². The van der Waals surface area contributed by atoms with Crippen molar-refractivity contribution in [2.45, 2.75) is 11.3 Å². The number of aromatic nitrogens is 1. The molecule has 0 aliphatic carbocycles. The van der Waals surface area contributed by atoms with Gasteiger partial charge in [0.15, 0.2) is 0 Å². The first-order valence-electron chi connectivity index (χ1n) is 8.94. The molecule has 0 radical (unpaired) electrons. The van der Waals surface area contributed by atoms with Crippen LogP contribution in [-0.4, -0.2) is 54.7 Å². The highest BCUT2D eigenvalue weighted by Gasteiger charge is 2.30. The normalized spacial score (nSPS) is 15.6. The molecular formula is C19H18FN3O3S3. The second-order valence-corrected chi connectivity index (χ2v) is 10.2. The highest BCUT2D eigenvalue weighted by atomic mass is 32.2. The summed E-state index contributed by atoms with van der Waals surface area (Å²) >= 11 is 3.10. The van der Waals surface area contributed by atoms with Crippen molar-refractivity contribution < 1.29 is 17.6 Å². The highest BCUT2D eigenvalue weighted by molar-refractivity contribution is 7.89. The second kappa shape index (κ2) is 8.31. The van der Waals surface area contributed by atoms with Crippen LogP contribution in [0.3, 0.4) is 0 Å². The van der Waals surface area contributed by atoms with E-state index in [0.717, 1.165) is 22.3 Å². The van der Waals surface area contributed by atoms with Crippen molar-refractivity contribution in [1.29, 1.82) is 0 Å². The van der Waals surface area contributed by atoms with E-state index >= 15 is 0 Å². The Morgan fingerprint density at radius 2 is 1.93 bits per heavy atom. The van der Waals surface area contributed by atoms with E-state index in [1.165, 1.54) is 33.8 Å². The summed E-state index contributed by atoms with van der Waals surface area (Å²) in [6.45, 7) is 0.966. The fraction of sp³-hybridized carbons (Fsp3) is 0.263. The van der Waals surface area contributed by atoms with Gasteiger partial charge in [-0.3, -0.25) is 4.79 Å². The van der Waals surface area contributed by atoms with Gasteiger partial charge in [-0.05, 0) is 29.6 Å². The van der Waals surface area contributed by atoms with Crippen LogP contribution < -0.4 is 0 Å². The van der Waals surface area contributed by atoms with Crippen LogP contribution in [0.4, 0.5) is 4.39 Å². The van der Waals surface area contributed by atoms with Gasteiger partial charge in [0.1, 0.15) is 10.8 Å². The largest absolute Gasteiger partial charge is 0.340 e. The van der Waals surface area contributed by atoms with E-state index in [2.05, 4.69) is 4.98 Å². The lowest BCUT2D eigenvalue weighted by molar-refractivity contribution is -0.131. The van der Waals surface area contributed by atoms with Crippen molar-refractivity contribution in [3.63, 3.8) is 0 Å². The zero-order valence-corrected chi connectivity index (χ0v) is 17.8. The Bertz CT molecular complexity index is 1100. The molecule has 1 saturated heterocycles. The third kappa shape index (κ3) is 4.40. The van der Waals surface area contributed by atoms with Gasteiger partial charge in [0, 0.05) is 42.5 Å². The molecule has 1 aromatic carbocycles. The molecule has 0 bridgehead atoms. The Balaban J connectivity index is 1.36. The molecule has 0 unspecified atom stereocenters. The summed E-state index contributed by atoms with van der Waals surface area (Å²) in [5, 5.41) is 6.78. The van der Waals surface area contributed by atoms with E-state index < -0.39 is 15.8 Å². The molecule has 152 valence electrons. The lowest BCUT2D eigenvalue weighted by Gasteiger charge is -2.34. The summed E-state index contributed by atoms with van der Waals surface area (Å²) in [5.41, 5.74) is 1.77. The number of hydrogen-bond acceptors (Lipinski definition) is 6. The van der Waals surface area contributed by atoms with Crippen molar-refractivity contribution in [2.75, 3.05) is 26.2 Å². The van der Waals surface area contributed by atoms with Crippen molar-refractivity contribution >= 4 is 38.6 Å². The Hall–Kier alpha value is -2.14. The maximum Gasteiger partial charge on any atom is 0.243 e. The number of rotatable bonds is 5. The van der Waals surface area contributed by atoms with Crippen LogP contribution in [0, 0.1) is 5.82 Å². The first-order valence-corrected chi connectivity index (χ1v) is 12.2. The predicted molar refractivity (Wildman–Crippen MR) is 111 cm³/mol. The number of benzene rings is 1. The van der Waals surface area contributed by atoms with Crippen LogP contribution in [0.5, 0.6) is 0 Å². The predicted octanol–water partition coefficient (Wildman–Crippen LogP) is 3.09. The van der Waals surface area contributed by atoms with Crippen LogP contribution in [0.2, 0.25) is 0 Å². The summed E-state index contributed by atoms with van der Waals surface area (Å²) in [6, 6.07) is 6.97. The van der Waals surface area contributed by atoms with Crippen LogP contribution in [0.25, 0.3) is 10.6 Å². The number of sulfonamides is 1. The molecule has 0 spiro atoms. The van der Waals surface area contributed by atoms with Gasteiger partial charge >= 0.3 is 0 Å². The number of thiophene rings is 1. The van der Waals surface area contributed by atoms with Crippen molar-refractivity contribution in [3.05, 3.63) is 58.0 Å². The number of carbonyl (C=O) groups excluding carboxylic acids is 1. The van der Waals surface area contributed by atoms with Gasteiger partial charge in [-0.15, -0.1) is 11.3 Å². The third-order valence-electron chi connectivity index (χ3n) is 4.68. The lowest BCUT2D eigenvalue weighted by Crippen LogP contribution is -2.50. The van der Waals surface area contributed by atoms with E-state index in [1.54, 1.807) is 16.2 Å². The van der Waals surface area contributed by atoms with E-state index in [-0.39, 0.29) is 30.3 Å². The number of carbonyl (C=O) groups is 1. The van der Waals surface area contributed by atoms with Gasteiger partial charge in [0.2, 0.25) is 15.9 Å². The zero-order chi connectivity index (χ0) is 20.4. The summed E-state index contributed by atoms with van der Waals surface area (Å²) in [7, 11) is -3.77. The molecule has 10 heteroatoms. The van der Waals surface area contributed by atoms with Gasteiger partial charge in [0.25, 0.3) is 0 Å². The van der Waals surface area contributed by atoms with Gasteiger partial charge in [-0.25, -0.2) is 17.8 Å². The van der Waals surface area contributed by atoms with Gasteiger partial charge in [-0.1, -0.05) is 6.07 Å². The molecule has 3 aromatic rings. The molecule has 4 rings (SSSR count). The van der Waals surface area contributed by atoms with Gasteiger partial charge in [0.05, 0.1) is 17.0 Å². The van der Waals surface area contributed by atoms with E-state index in [4.69, 9.17) is 0 Å². The monoisotopic (exact) mass is 451 g/mol. The molecule has 0 saturated carbocycles. The minimum atomic E-state index is -3.77. The number of hydrogen-bond donors (Lipinski definition) is 0. The third-order valence-corrected chi connectivity index (χ3v) is 8.20. The topological polar surface area (TPSA) is 70.6 Å². The van der Waals surface area contributed by atoms with Gasteiger partial charge in [-0.2, -0.15) is 15.6 Å². The lowest BCUT2D eigenvalue weighted by atomic mass is 10.2.